The van der Waals surface area contributed by atoms with E-state index in [4.69, 9.17) is 4.74 Å². The highest BCUT2D eigenvalue weighted by molar-refractivity contribution is 9.10. The van der Waals surface area contributed by atoms with E-state index in [1.54, 1.807) is 0 Å². The van der Waals surface area contributed by atoms with Crippen molar-refractivity contribution >= 4 is 27.7 Å². The van der Waals surface area contributed by atoms with Crippen molar-refractivity contribution in [2.75, 3.05) is 0 Å². The van der Waals surface area contributed by atoms with Crippen molar-refractivity contribution in [2.24, 2.45) is 11.8 Å². The number of benzene rings is 2. The number of ether oxygens (including phenoxy) is 1. The lowest BCUT2D eigenvalue weighted by atomic mass is 9.81. The molecule has 0 spiro atoms. The Morgan fingerprint density at radius 1 is 1.10 bits per heavy atom. The first kappa shape index (κ1) is 20.9. The number of cyclic esters (lactones) is 1. The molecule has 30 heavy (non-hydrogen) atoms. The summed E-state index contributed by atoms with van der Waals surface area (Å²) in [5, 5.41) is 10.9. The zero-order valence-electron chi connectivity index (χ0n) is 16.9. The zero-order valence-corrected chi connectivity index (χ0v) is 18.5. The predicted molar refractivity (Wildman–Crippen MR) is 118 cm³/mol. The highest BCUT2D eigenvalue weighted by Gasteiger charge is 2.47. The molecule has 3 atom stereocenters. The third-order valence-corrected chi connectivity index (χ3v) is 6.60. The lowest BCUT2D eigenvalue weighted by Gasteiger charge is -2.31. The molecule has 0 saturated heterocycles. The number of hydrogen-bond donors (Lipinski definition) is 1. The van der Waals surface area contributed by atoms with Gasteiger partial charge in [-0.3, -0.25) is 4.79 Å². The Bertz CT molecular complexity index is 978. The lowest BCUT2D eigenvalue weighted by Crippen LogP contribution is -2.42. The third-order valence-electron chi connectivity index (χ3n) is 6.10. The second-order valence-corrected chi connectivity index (χ2v) is 9.10. The van der Waals surface area contributed by atoms with Crippen LogP contribution in [0.2, 0.25) is 0 Å². The van der Waals surface area contributed by atoms with Gasteiger partial charge in [0.15, 0.2) is 11.9 Å². The van der Waals surface area contributed by atoms with Crippen LogP contribution in [0.3, 0.4) is 0 Å². The minimum absolute atomic E-state index is 0.127. The fourth-order valence-corrected chi connectivity index (χ4v) is 4.82. The summed E-state index contributed by atoms with van der Waals surface area (Å²) in [6, 6.07) is 17.5. The van der Waals surface area contributed by atoms with E-state index in [2.05, 4.69) is 15.9 Å². The zero-order chi connectivity index (χ0) is 21.3. The Morgan fingerprint density at radius 2 is 1.83 bits per heavy atom. The number of esters is 1. The summed E-state index contributed by atoms with van der Waals surface area (Å²) in [4.78, 5) is 26.2. The van der Waals surface area contributed by atoms with E-state index < -0.39 is 23.6 Å². The van der Waals surface area contributed by atoms with Gasteiger partial charge in [0, 0.05) is 16.3 Å². The van der Waals surface area contributed by atoms with Crippen LogP contribution < -0.4 is 0 Å². The molecule has 1 aliphatic heterocycles. The molecule has 3 unspecified atom stereocenters. The number of ketones is 1. The smallest absolute Gasteiger partial charge is 0.339 e. The van der Waals surface area contributed by atoms with Crippen molar-refractivity contribution in [3.63, 3.8) is 0 Å². The van der Waals surface area contributed by atoms with Crippen LogP contribution in [-0.4, -0.2) is 23.0 Å². The molecule has 0 aromatic heterocycles. The van der Waals surface area contributed by atoms with E-state index >= 15 is 0 Å². The Labute approximate surface area is 185 Å². The Kier molecular flexibility index (Phi) is 6.09. The second-order valence-electron chi connectivity index (χ2n) is 8.18. The first-order valence-corrected chi connectivity index (χ1v) is 11.3. The van der Waals surface area contributed by atoms with Gasteiger partial charge in [0.25, 0.3) is 0 Å². The van der Waals surface area contributed by atoms with Crippen LogP contribution in [0.25, 0.3) is 0 Å². The van der Waals surface area contributed by atoms with E-state index in [-0.39, 0.29) is 23.3 Å². The summed E-state index contributed by atoms with van der Waals surface area (Å²) in [6.45, 7) is 1.97. The van der Waals surface area contributed by atoms with Gasteiger partial charge in [0.2, 0.25) is 5.78 Å². The summed E-state index contributed by atoms with van der Waals surface area (Å²) in [5.74, 6) is -1.70. The van der Waals surface area contributed by atoms with E-state index in [0.717, 1.165) is 28.4 Å². The van der Waals surface area contributed by atoms with Crippen molar-refractivity contribution in [1.82, 2.24) is 0 Å². The average Bonchev–Trinajstić information content (AvgIpc) is 3.58. The standard InChI is InChI=1S/C25H25BrO4/c1-2-16(13-15-7-6-10-19(26)14-15)24-23(28)22(27)21(25(29)30-24)20(18-11-12-18)17-8-4-3-5-9-17/h3-10,14,16,18,20,24,27H,2,11-13H2,1H3. The molecule has 5 heteroatoms. The monoisotopic (exact) mass is 468 g/mol. The number of carbonyl (C=O) groups is 2. The third kappa shape index (κ3) is 4.22. The van der Waals surface area contributed by atoms with E-state index in [1.165, 1.54) is 0 Å². The normalized spacial score (nSPS) is 21.3. The summed E-state index contributed by atoms with van der Waals surface area (Å²) >= 11 is 3.47. The van der Waals surface area contributed by atoms with Crippen molar-refractivity contribution < 1.29 is 19.4 Å². The highest BCUT2D eigenvalue weighted by atomic mass is 79.9. The molecule has 1 fully saturated rings. The molecule has 4 nitrogen and oxygen atoms in total. The maximum atomic E-state index is 13.1. The van der Waals surface area contributed by atoms with Crippen LogP contribution in [-0.2, 0) is 20.7 Å². The Balaban J connectivity index is 1.63. The van der Waals surface area contributed by atoms with Crippen LogP contribution in [0, 0.1) is 11.8 Å². The van der Waals surface area contributed by atoms with Gasteiger partial charge in [-0.2, -0.15) is 0 Å². The molecular formula is C25H25BrO4. The van der Waals surface area contributed by atoms with E-state index in [1.807, 2.05) is 61.5 Å². The maximum Gasteiger partial charge on any atom is 0.339 e. The first-order chi connectivity index (χ1) is 14.5. The maximum absolute atomic E-state index is 13.1. The number of aliphatic hydroxyl groups excluding tert-OH is 1. The van der Waals surface area contributed by atoms with Crippen LogP contribution in [0.4, 0.5) is 0 Å². The number of Topliss-reactive ketones (excluding diaryl/α,β-unsaturated/α-hetero) is 1. The average molecular weight is 469 g/mol. The summed E-state index contributed by atoms with van der Waals surface area (Å²) in [6.07, 6.45) is 2.24. The molecule has 1 N–H and O–H groups in total. The van der Waals surface area contributed by atoms with Crippen molar-refractivity contribution in [3.8, 4) is 0 Å². The molecular weight excluding hydrogens is 444 g/mol. The molecule has 4 rings (SSSR count). The molecule has 156 valence electrons. The minimum atomic E-state index is -0.958. The van der Waals surface area contributed by atoms with Gasteiger partial charge < -0.3 is 9.84 Å². The van der Waals surface area contributed by atoms with Gasteiger partial charge >= 0.3 is 5.97 Å². The quantitative estimate of drug-likeness (QED) is 0.543. The Hall–Kier alpha value is -2.40. The topological polar surface area (TPSA) is 63.6 Å². The molecule has 2 aromatic rings. The van der Waals surface area contributed by atoms with Crippen LogP contribution >= 0.6 is 15.9 Å². The largest absolute Gasteiger partial charge is 0.504 e. The van der Waals surface area contributed by atoms with E-state index in [9.17, 15) is 14.7 Å². The van der Waals surface area contributed by atoms with Crippen molar-refractivity contribution in [2.45, 2.75) is 44.6 Å². The molecule has 1 saturated carbocycles. The predicted octanol–water partition coefficient (Wildman–Crippen LogP) is 5.52. The number of hydrogen-bond acceptors (Lipinski definition) is 4. The molecule has 0 radical (unpaired) electrons. The van der Waals surface area contributed by atoms with E-state index in [0.29, 0.717) is 12.8 Å². The van der Waals surface area contributed by atoms with Gasteiger partial charge in [-0.25, -0.2) is 4.79 Å². The number of rotatable bonds is 7. The summed E-state index contributed by atoms with van der Waals surface area (Å²) in [5.41, 5.74) is 2.11. The molecule has 2 aliphatic rings. The molecule has 1 heterocycles. The first-order valence-electron chi connectivity index (χ1n) is 10.5. The fraction of sp³-hybridized carbons (Fsp3) is 0.360. The lowest BCUT2D eigenvalue weighted by molar-refractivity contribution is -0.158. The van der Waals surface area contributed by atoms with Crippen molar-refractivity contribution in [1.29, 1.82) is 0 Å². The summed E-state index contributed by atoms with van der Waals surface area (Å²) in [7, 11) is 0. The van der Waals surface area contributed by atoms with Crippen LogP contribution in [0.15, 0.2) is 70.4 Å². The van der Waals surface area contributed by atoms with Gasteiger partial charge in [0.05, 0.1) is 5.57 Å². The van der Waals surface area contributed by atoms with Gasteiger partial charge in [-0.1, -0.05) is 65.3 Å². The molecule has 0 bridgehead atoms. The van der Waals surface area contributed by atoms with Crippen LogP contribution in [0.1, 0.15) is 43.2 Å². The highest BCUT2D eigenvalue weighted by Crippen LogP contribution is 2.48. The summed E-state index contributed by atoms with van der Waals surface area (Å²) < 4.78 is 6.66. The number of aliphatic hydroxyl groups is 1. The molecule has 1 aliphatic carbocycles. The van der Waals surface area contributed by atoms with Crippen LogP contribution in [0.5, 0.6) is 0 Å². The minimum Gasteiger partial charge on any atom is -0.504 e. The fourth-order valence-electron chi connectivity index (χ4n) is 4.38. The second kappa shape index (κ2) is 8.76. The molecule has 2 aromatic carbocycles. The Morgan fingerprint density at radius 3 is 2.47 bits per heavy atom. The van der Waals surface area contributed by atoms with Gasteiger partial charge in [-0.15, -0.1) is 0 Å². The van der Waals surface area contributed by atoms with Gasteiger partial charge in [0.1, 0.15) is 0 Å². The van der Waals surface area contributed by atoms with Crippen molar-refractivity contribution in [3.05, 3.63) is 81.5 Å². The SMILES string of the molecule is CCC(Cc1cccc(Br)c1)C1OC(=O)C(C(c2ccccc2)C2CC2)=C(O)C1=O. The molecule has 0 amide bonds. The number of carbonyl (C=O) groups excluding carboxylic acids is 2. The number of halogens is 1. The van der Waals surface area contributed by atoms with Gasteiger partial charge in [-0.05, 0) is 54.9 Å².